The third-order valence-corrected chi connectivity index (χ3v) is 4.85. The molecule has 30 heavy (non-hydrogen) atoms. The lowest BCUT2D eigenvalue weighted by molar-refractivity contribution is -0.169. The van der Waals surface area contributed by atoms with E-state index in [4.69, 9.17) is 20.6 Å². The summed E-state index contributed by atoms with van der Waals surface area (Å²) in [5.41, 5.74) is -1.29. The minimum Gasteiger partial charge on any atom is -0.464 e. The van der Waals surface area contributed by atoms with Crippen molar-refractivity contribution in [3.8, 4) is 12.3 Å². The van der Waals surface area contributed by atoms with Crippen molar-refractivity contribution in [2.24, 2.45) is 5.41 Å². The number of ether oxygens (including phenoxy) is 3. The number of unbranched alkanes of at least 4 members (excludes halogenated alkanes) is 8. The Balaban J connectivity index is 4.52. The van der Waals surface area contributed by atoms with E-state index < -0.39 is 11.4 Å². The van der Waals surface area contributed by atoms with Gasteiger partial charge in [-0.2, -0.15) is 0 Å². The Bertz CT molecular complexity index is 504. The molecule has 0 saturated carbocycles. The quantitative estimate of drug-likeness (QED) is 0.134. The molecule has 0 amide bonds. The van der Waals surface area contributed by atoms with Crippen LogP contribution in [0.5, 0.6) is 0 Å². The van der Waals surface area contributed by atoms with Crippen molar-refractivity contribution < 1.29 is 28.6 Å². The van der Waals surface area contributed by atoms with Crippen molar-refractivity contribution in [2.75, 3.05) is 19.8 Å². The van der Waals surface area contributed by atoms with Gasteiger partial charge in [0.1, 0.15) is 18.6 Å². The highest BCUT2D eigenvalue weighted by molar-refractivity contribution is 5.78. The Kier molecular flexibility index (Phi) is 16.6. The second kappa shape index (κ2) is 17.8. The highest BCUT2D eigenvalue weighted by Gasteiger charge is 2.38. The molecule has 0 aliphatic heterocycles. The van der Waals surface area contributed by atoms with Gasteiger partial charge in [0.15, 0.2) is 6.61 Å². The first-order valence-corrected chi connectivity index (χ1v) is 11.3. The number of esters is 3. The van der Waals surface area contributed by atoms with Gasteiger partial charge in [0.05, 0.1) is 0 Å². The van der Waals surface area contributed by atoms with Crippen molar-refractivity contribution in [3.05, 3.63) is 0 Å². The van der Waals surface area contributed by atoms with E-state index in [0.717, 1.165) is 64.2 Å². The standard InChI is InChI=1S/C24H40O6/c1-5-8-10-12-14-16-21(25)29-19-24(4,23(27)28-18-7-3)20-30-22(26)17-15-13-11-9-6-2/h3H,5-6,8-20H2,1-2,4H3. The van der Waals surface area contributed by atoms with Crippen LogP contribution in [0.15, 0.2) is 0 Å². The Labute approximate surface area is 182 Å². The van der Waals surface area contributed by atoms with Crippen molar-refractivity contribution >= 4 is 17.9 Å². The van der Waals surface area contributed by atoms with Crippen LogP contribution in [-0.4, -0.2) is 37.7 Å². The molecule has 0 radical (unpaired) electrons. The van der Waals surface area contributed by atoms with Gasteiger partial charge in [-0.25, -0.2) is 0 Å². The van der Waals surface area contributed by atoms with E-state index in [1.165, 1.54) is 0 Å². The number of hydrogen-bond donors (Lipinski definition) is 0. The van der Waals surface area contributed by atoms with Crippen LogP contribution in [0.4, 0.5) is 0 Å². The zero-order valence-electron chi connectivity index (χ0n) is 19.1. The molecule has 0 heterocycles. The van der Waals surface area contributed by atoms with Crippen molar-refractivity contribution in [1.29, 1.82) is 0 Å². The van der Waals surface area contributed by atoms with Crippen LogP contribution >= 0.6 is 0 Å². The molecule has 0 aromatic heterocycles. The molecule has 0 rings (SSSR count). The maximum atomic E-state index is 12.4. The molecule has 172 valence electrons. The zero-order chi connectivity index (χ0) is 22.7. The van der Waals surface area contributed by atoms with E-state index in [-0.39, 0.29) is 31.8 Å². The Hall–Kier alpha value is -2.03. The average molecular weight is 425 g/mol. The molecule has 0 aromatic carbocycles. The zero-order valence-corrected chi connectivity index (χ0v) is 19.1. The summed E-state index contributed by atoms with van der Waals surface area (Å²) in [7, 11) is 0. The molecule has 0 saturated heterocycles. The molecule has 0 atom stereocenters. The topological polar surface area (TPSA) is 78.9 Å². The van der Waals surface area contributed by atoms with Gasteiger partial charge in [-0.15, -0.1) is 6.42 Å². The smallest absolute Gasteiger partial charge is 0.319 e. The molecule has 0 bridgehead atoms. The summed E-state index contributed by atoms with van der Waals surface area (Å²) in [6, 6.07) is 0. The number of rotatable bonds is 18. The van der Waals surface area contributed by atoms with Crippen LogP contribution < -0.4 is 0 Å². The summed E-state index contributed by atoms with van der Waals surface area (Å²) in [5.74, 6) is 0.844. The second-order valence-corrected chi connectivity index (χ2v) is 7.99. The van der Waals surface area contributed by atoms with Gasteiger partial charge in [0, 0.05) is 12.8 Å². The lowest BCUT2D eigenvalue weighted by atomic mass is 9.93. The Morgan fingerprint density at radius 3 is 1.57 bits per heavy atom. The summed E-state index contributed by atoms with van der Waals surface area (Å²) in [6.45, 7) is 5.20. The van der Waals surface area contributed by atoms with Crippen molar-refractivity contribution in [2.45, 2.75) is 97.8 Å². The normalized spacial score (nSPS) is 10.9. The lowest BCUT2D eigenvalue weighted by Gasteiger charge is -2.26. The fourth-order valence-electron chi connectivity index (χ4n) is 2.81. The van der Waals surface area contributed by atoms with Crippen molar-refractivity contribution in [1.82, 2.24) is 0 Å². The average Bonchev–Trinajstić information content (AvgIpc) is 2.74. The molecule has 0 aliphatic rings. The van der Waals surface area contributed by atoms with Crippen LogP contribution in [0, 0.1) is 17.8 Å². The molecular formula is C24H40O6. The first-order valence-electron chi connectivity index (χ1n) is 11.3. The molecule has 6 nitrogen and oxygen atoms in total. The molecule has 0 spiro atoms. The van der Waals surface area contributed by atoms with E-state index in [9.17, 15) is 14.4 Å². The van der Waals surface area contributed by atoms with E-state index >= 15 is 0 Å². The van der Waals surface area contributed by atoms with Crippen LogP contribution in [0.1, 0.15) is 97.8 Å². The number of carbonyl (C=O) groups excluding carboxylic acids is 3. The van der Waals surface area contributed by atoms with E-state index in [1.807, 2.05) is 0 Å². The summed E-state index contributed by atoms with van der Waals surface area (Å²) in [6.07, 6.45) is 16.0. The molecule has 6 heteroatoms. The molecule has 0 fully saturated rings. The monoisotopic (exact) mass is 424 g/mol. The number of hydrogen-bond acceptors (Lipinski definition) is 6. The van der Waals surface area contributed by atoms with Gasteiger partial charge in [-0.1, -0.05) is 71.1 Å². The van der Waals surface area contributed by atoms with Crippen LogP contribution in [0.25, 0.3) is 0 Å². The molecule has 0 unspecified atom stereocenters. The highest BCUT2D eigenvalue weighted by atomic mass is 16.6. The summed E-state index contributed by atoms with van der Waals surface area (Å²) < 4.78 is 15.6. The lowest BCUT2D eigenvalue weighted by Crippen LogP contribution is -2.40. The first-order chi connectivity index (χ1) is 14.4. The van der Waals surface area contributed by atoms with Gasteiger partial charge >= 0.3 is 17.9 Å². The molecular weight excluding hydrogens is 384 g/mol. The SMILES string of the molecule is C#CCOC(=O)C(C)(COC(=O)CCCCCCC)COC(=O)CCCCCCC. The van der Waals surface area contributed by atoms with Gasteiger partial charge in [0.2, 0.25) is 0 Å². The summed E-state index contributed by atoms with van der Waals surface area (Å²) in [5, 5.41) is 0. The van der Waals surface area contributed by atoms with Gasteiger partial charge in [-0.3, -0.25) is 14.4 Å². The van der Waals surface area contributed by atoms with Crippen LogP contribution in [0.3, 0.4) is 0 Å². The maximum absolute atomic E-state index is 12.4. The van der Waals surface area contributed by atoms with Gasteiger partial charge < -0.3 is 14.2 Å². The van der Waals surface area contributed by atoms with E-state index in [2.05, 4.69) is 19.8 Å². The first kappa shape index (κ1) is 28.0. The summed E-state index contributed by atoms with van der Waals surface area (Å²) in [4.78, 5) is 36.4. The third kappa shape index (κ3) is 14.0. The highest BCUT2D eigenvalue weighted by Crippen LogP contribution is 2.21. The van der Waals surface area contributed by atoms with Crippen LogP contribution in [0.2, 0.25) is 0 Å². The third-order valence-electron chi connectivity index (χ3n) is 4.85. The minimum absolute atomic E-state index is 0.189. The second-order valence-electron chi connectivity index (χ2n) is 7.99. The fourth-order valence-corrected chi connectivity index (χ4v) is 2.81. The maximum Gasteiger partial charge on any atom is 0.319 e. The fraction of sp³-hybridized carbons (Fsp3) is 0.792. The number of carbonyl (C=O) groups is 3. The Morgan fingerprint density at radius 1 is 0.733 bits per heavy atom. The van der Waals surface area contributed by atoms with Gasteiger partial charge in [0.25, 0.3) is 0 Å². The van der Waals surface area contributed by atoms with Crippen molar-refractivity contribution in [3.63, 3.8) is 0 Å². The predicted octanol–water partition coefficient (Wildman–Crippen LogP) is 4.98. The Morgan fingerprint density at radius 2 is 1.17 bits per heavy atom. The summed E-state index contributed by atoms with van der Waals surface area (Å²) >= 11 is 0. The van der Waals surface area contributed by atoms with Gasteiger partial charge in [-0.05, 0) is 19.8 Å². The minimum atomic E-state index is -1.29. The van der Waals surface area contributed by atoms with E-state index in [0.29, 0.717) is 12.8 Å². The number of terminal acetylenes is 1. The molecule has 0 N–H and O–H groups in total. The largest absolute Gasteiger partial charge is 0.464 e. The van der Waals surface area contributed by atoms with E-state index in [1.54, 1.807) is 6.92 Å². The predicted molar refractivity (Wildman–Crippen MR) is 117 cm³/mol. The molecule has 0 aliphatic carbocycles. The molecule has 0 aromatic rings. The van der Waals surface area contributed by atoms with Crippen LogP contribution in [-0.2, 0) is 28.6 Å².